The molecule has 3 aliphatic rings. The van der Waals surface area contributed by atoms with Gasteiger partial charge in [0.15, 0.2) is 0 Å². The van der Waals surface area contributed by atoms with E-state index in [1.165, 1.54) is 11.3 Å². The molecule has 4 N–H and O–H groups in total. The molecule has 13 nitrogen and oxygen atoms in total. The lowest BCUT2D eigenvalue weighted by Crippen LogP contribution is -2.53. The summed E-state index contributed by atoms with van der Waals surface area (Å²) in [5.41, 5.74) is 5.13. The summed E-state index contributed by atoms with van der Waals surface area (Å²) in [6.07, 6.45) is 4.94. The summed E-state index contributed by atoms with van der Waals surface area (Å²) in [5.74, 6) is 0.400. The van der Waals surface area contributed by atoms with Crippen LogP contribution in [0.5, 0.6) is 0 Å². The Hall–Kier alpha value is -4.89. The van der Waals surface area contributed by atoms with Gasteiger partial charge >= 0.3 is 0 Å². The van der Waals surface area contributed by atoms with Gasteiger partial charge in [0, 0.05) is 92.6 Å². The maximum Gasteiger partial charge on any atom is 0.241 e. The lowest BCUT2D eigenvalue weighted by atomic mass is 9.87. The van der Waals surface area contributed by atoms with Crippen LogP contribution in [0, 0.1) is 6.92 Å². The smallest absolute Gasteiger partial charge is 0.241 e. The number of rotatable bonds is 11. The minimum Gasteiger partial charge on any atom is -0.371 e. The van der Waals surface area contributed by atoms with Gasteiger partial charge in [0.25, 0.3) is 0 Å². The van der Waals surface area contributed by atoms with Crippen molar-refractivity contribution in [3.63, 3.8) is 0 Å². The highest BCUT2D eigenvalue weighted by Gasteiger charge is 2.31. The van der Waals surface area contributed by atoms with Crippen LogP contribution >= 0.6 is 0 Å². The summed E-state index contributed by atoms with van der Waals surface area (Å²) < 4.78 is 28.5. The van der Waals surface area contributed by atoms with Gasteiger partial charge in [0.05, 0.1) is 10.8 Å². The van der Waals surface area contributed by atoms with E-state index in [1.54, 1.807) is 24.4 Å². The third-order valence-corrected chi connectivity index (χ3v) is 12.5. The predicted octanol–water partition coefficient (Wildman–Crippen LogP) is 5.66. The topological polar surface area (TPSA) is 152 Å². The first kappa shape index (κ1) is 39.3. The van der Waals surface area contributed by atoms with E-state index in [9.17, 15) is 18.0 Å². The van der Waals surface area contributed by atoms with Gasteiger partial charge in [-0.15, -0.1) is 0 Å². The molecule has 2 amide bonds. The van der Waals surface area contributed by atoms with E-state index in [2.05, 4.69) is 58.6 Å². The van der Waals surface area contributed by atoms with Gasteiger partial charge in [-0.2, -0.15) is 4.98 Å². The number of carbonyl (C=O) groups is 2. The highest BCUT2D eigenvalue weighted by atomic mass is 32.2. The van der Waals surface area contributed by atoms with Crippen molar-refractivity contribution < 1.29 is 18.0 Å². The first-order chi connectivity index (χ1) is 26.8. The maximum absolute atomic E-state index is 12.9. The van der Waals surface area contributed by atoms with Crippen LogP contribution in [0.3, 0.4) is 0 Å². The van der Waals surface area contributed by atoms with Crippen molar-refractivity contribution in [3.05, 3.63) is 95.7 Å². The molecule has 296 valence electrons. The molecule has 4 aromatic rings. The van der Waals surface area contributed by atoms with Gasteiger partial charge in [-0.3, -0.25) is 24.7 Å². The number of nitrogens with one attached hydrogen (secondary N) is 4. The van der Waals surface area contributed by atoms with Crippen LogP contribution in [-0.4, -0.2) is 90.8 Å². The molecule has 0 bridgehead atoms. The van der Waals surface area contributed by atoms with E-state index in [0.29, 0.717) is 36.3 Å². The number of hydrogen-bond donors (Lipinski definition) is 4. The molecule has 1 atom stereocenters. The average molecular weight is 780 g/mol. The van der Waals surface area contributed by atoms with E-state index < -0.39 is 15.6 Å². The third kappa shape index (κ3) is 9.73. The van der Waals surface area contributed by atoms with Crippen LogP contribution in [0.1, 0.15) is 69.1 Å². The van der Waals surface area contributed by atoms with Gasteiger partial charge in [0.1, 0.15) is 5.82 Å². The van der Waals surface area contributed by atoms with Gasteiger partial charge in [-0.1, -0.05) is 30.3 Å². The highest BCUT2D eigenvalue weighted by Crippen LogP contribution is 2.30. The summed E-state index contributed by atoms with van der Waals surface area (Å²) in [4.78, 5) is 41.3. The Morgan fingerprint density at radius 3 is 2.29 bits per heavy atom. The molecule has 0 saturated carbocycles. The molecule has 56 heavy (non-hydrogen) atoms. The zero-order chi connectivity index (χ0) is 39.5. The Labute approximate surface area is 330 Å². The number of benzene rings is 3. The number of imide groups is 1. The highest BCUT2D eigenvalue weighted by molar-refractivity contribution is 7.89. The van der Waals surface area contributed by atoms with Gasteiger partial charge in [-0.25, -0.2) is 18.1 Å². The number of piperazine rings is 1. The fourth-order valence-corrected chi connectivity index (χ4v) is 9.34. The molecule has 3 saturated heterocycles. The lowest BCUT2D eigenvalue weighted by molar-refractivity contribution is -0.134. The maximum atomic E-state index is 12.9. The second-order valence-corrected chi connectivity index (χ2v) is 17.8. The van der Waals surface area contributed by atoms with E-state index in [1.807, 2.05) is 64.1 Å². The fraction of sp³-hybridized carbons (Fsp3) is 0.429. The summed E-state index contributed by atoms with van der Waals surface area (Å²) >= 11 is 0. The summed E-state index contributed by atoms with van der Waals surface area (Å²) in [6, 6.07) is 23.8. The molecule has 4 heterocycles. The van der Waals surface area contributed by atoms with Crippen molar-refractivity contribution in [3.8, 4) is 0 Å². The Bertz CT molecular complexity index is 2140. The molecule has 3 aliphatic heterocycles. The van der Waals surface area contributed by atoms with Crippen molar-refractivity contribution in [1.29, 1.82) is 0 Å². The Balaban J connectivity index is 0.888. The average Bonchev–Trinajstić information content (AvgIpc) is 3.17. The quantitative estimate of drug-likeness (QED) is 0.140. The van der Waals surface area contributed by atoms with Crippen molar-refractivity contribution in [1.82, 2.24) is 29.8 Å². The van der Waals surface area contributed by atoms with Gasteiger partial charge < -0.3 is 15.5 Å². The minimum atomic E-state index is -3.69. The number of amides is 2. The van der Waals surface area contributed by atoms with Crippen LogP contribution in [0.25, 0.3) is 0 Å². The summed E-state index contributed by atoms with van der Waals surface area (Å²) in [7, 11) is -3.69. The number of aryl methyl sites for hydroxylation is 1. The van der Waals surface area contributed by atoms with Crippen LogP contribution in [0.15, 0.2) is 83.9 Å². The van der Waals surface area contributed by atoms with Crippen LogP contribution < -0.4 is 25.6 Å². The SMILES string of the molecule is Cc1cnc(Nc2ccc(N3CCC(N4CCN(Cc5ccccc5C5CCC(=O)NC5=O)CC4)CC3)cc2)nc1Nc1cccc(S(=O)(=O)NC(C)(C)C)c1. The number of sulfonamides is 1. The van der Waals surface area contributed by atoms with Gasteiger partial charge in [0.2, 0.25) is 27.8 Å². The van der Waals surface area contributed by atoms with E-state index in [0.717, 1.165) is 75.5 Å². The fourth-order valence-electron chi connectivity index (χ4n) is 7.88. The number of hydrogen-bond acceptors (Lipinski definition) is 11. The lowest BCUT2D eigenvalue weighted by Gasteiger charge is -2.43. The molecule has 3 aromatic carbocycles. The zero-order valence-corrected chi connectivity index (χ0v) is 33.5. The molecule has 0 spiro atoms. The van der Waals surface area contributed by atoms with Crippen molar-refractivity contribution in [2.75, 3.05) is 54.8 Å². The normalized spacial score (nSPS) is 19.1. The first-order valence-corrected chi connectivity index (χ1v) is 21.0. The van der Waals surface area contributed by atoms with Crippen molar-refractivity contribution >= 4 is 50.7 Å². The zero-order valence-electron chi connectivity index (χ0n) is 32.7. The number of piperidine rings is 2. The number of nitrogens with zero attached hydrogens (tertiary/aromatic N) is 5. The number of anilines is 5. The number of aromatic nitrogens is 2. The molecular weight excluding hydrogens is 727 g/mol. The molecule has 0 aliphatic carbocycles. The predicted molar refractivity (Wildman–Crippen MR) is 220 cm³/mol. The second-order valence-electron chi connectivity index (χ2n) is 16.1. The third-order valence-electron chi connectivity index (χ3n) is 10.8. The van der Waals surface area contributed by atoms with Crippen molar-refractivity contribution in [2.24, 2.45) is 0 Å². The summed E-state index contributed by atoms with van der Waals surface area (Å²) in [5, 5.41) is 9.10. The molecule has 14 heteroatoms. The van der Waals surface area contributed by atoms with E-state index >= 15 is 0 Å². The summed E-state index contributed by atoms with van der Waals surface area (Å²) in [6.45, 7) is 14.2. The molecular formula is C42H53N9O4S. The molecule has 1 aromatic heterocycles. The Morgan fingerprint density at radius 2 is 1.57 bits per heavy atom. The molecule has 1 unspecified atom stereocenters. The largest absolute Gasteiger partial charge is 0.371 e. The Morgan fingerprint density at radius 1 is 0.839 bits per heavy atom. The molecule has 3 fully saturated rings. The minimum absolute atomic E-state index is 0.175. The first-order valence-electron chi connectivity index (χ1n) is 19.5. The van der Waals surface area contributed by atoms with E-state index in [-0.39, 0.29) is 22.6 Å². The van der Waals surface area contributed by atoms with Gasteiger partial charge in [-0.05, 0) is 101 Å². The van der Waals surface area contributed by atoms with E-state index in [4.69, 9.17) is 4.98 Å². The Kier molecular flexibility index (Phi) is 11.7. The van der Waals surface area contributed by atoms with Crippen LogP contribution in [0.2, 0.25) is 0 Å². The van der Waals surface area contributed by atoms with Crippen molar-refractivity contribution in [2.45, 2.75) is 82.3 Å². The van der Waals surface area contributed by atoms with Crippen LogP contribution in [0.4, 0.5) is 28.8 Å². The second kappa shape index (κ2) is 16.7. The molecule has 0 radical (unpaired) electrons. The standard InChI is InChI=1S/C42H53N9O4S/c1-29-27-43-41(47-39(29)44-32-9-7-10-35(26-32)56(54,55)48-42(2,3)4)45-31-12-14-33(15-13-31)50-20-18-34(19-21-50)51-24-22-49(23-25-51)28-30-8-5-6-11-36(30)37-16-17-38(52)46-40(37)53/h5-15,26-27,34,37,48H,16-25,28H2,1-4H3,(H,46,52,53)(H2,43,44,45,47). The molecule has 7 rings (SSSR count). The number of carbonyl (C=O) groups excluding carboxylic acids is 2. The van der Waals surface area contributed by atoms with Crippen LogP contribution in [-0.2, 0) is 26.2 Å². The monoisotopic (exact) mass is 779 g/mol.